The minimum atomic E-state index is -0.483. The van der Waals surface area contributed by atoms with Crippen LogP contribution in [0, 0.1) is 13.8 Å². The molecule has 1 spiro atoms. The molecule has 4 rings (SSSR count). The van der Waals surface area contributed by atoms with Gasteiger partial charge in [-0.05, 0) is 37.1 Å². The molecule has 2 aromatic carbocycles. The predicted molar refractivity (Wildman–Crippen MR) is 118 cm³/mol. The Hall–Kier alpha value is -3.02. The number of likely N-dealkylation sites (tertiary alicyclic amines) is 1. The molecule has 31 heavy (non-hydrogen) atoms. The molecule has 0 aliphatic carbocycles. The zero-order valence-corrected chi connectivity index (χ0v) is 18.5. The number of nitrogens with zero attached hydrogens (tertiary/aromatic N) is 2. The molecule has 2 amide bonds. The van der Waals surface area contributed by atoms with Gasteiger partial charge in [-0.2, -0.15) is 0 Å². The van der Waals surface area contributed by atoms with Crippen molar-refractivity contribution in [3.05, 3.63) is 64.7 Å². The number of methoxy groups -OCH3 is 1. The van der Waals surface area contributed by atoms with E-state index in [4.69, 9.17) is 9.47 Å². The summed E-state index contributed by atoms with van der Waals surface area (Å²) >= 11 is 0. The summed E-state index contributed by atoms with van der Waals surface area (Å²) in [7, 11) is 1.62. The summed E-state index contributed by atoms with van der Waals surface area (Å²) in [6.07, 6.45) is 1.44. The molecule has 2 heterocycles. The zero-order chi connectivity index (χ0) is 22.0. The van der Waals surface area contributed by atoms with Crippen molar-refractivity contribution in [1.82, 2.24) is 9.80 Å². The van der Waals surface area contributed by atoms with Crippen molar-refractivity contribution in [2.75, 3.05) is 26.7 Å². The summed E-state index contributed by atoms with van der Waals surface area (Å²) in [6, 6.07) is 14.0. The van der Waals surface area contributed by atoms with Crippen LogP contribution >= 0.6 is 0 Å². The number of amides is 2. The van der Waals surface area contributed by atoms with Gasteiger partial charge in [0.15, 0.2) is 0 Å². The highest BCUT2D eigenvalue weighted by molar-refractivity contribution is 5.79. The second-order valence-corrected chi connectivity index (χ2v) is 8.81. The lowest BCUT2D eigenvalue weighted by Crippen LogP contribution is -2.49. The highest BCUT2D eigenvalue weighted by atomic mass is 16.6. The molecule has 0 bridgehead atoms. The van der Waals surface area contributed by atoms with Crippen LogP contribution in [-0.4, -0.2) is 54.1 Å². The summed E-state index contributed by atoms with van der Waals surface area (Å²) in [5, 5.41) is 0. The molecule has 2 saturated heterocycles. The number of carbonyl (C=O) groups excluding carboxylic acids is 2. The average Bonchev–Trinajstić information content (AvgIpc) is 3.02. The Morgan fingerprint density at radius 2 is 1.77 bits per heavy atom. The minimum absolute atomic E-state index is 0.0968. The Balaban J connectivity index is 1.34. The summed E-state index contributed by atoms with van der Waals surface area (Å²) in [6.45, 7) is 6.48. The first-order chi connectivity index (χ1) is 14.9. The fourth-order valence-electron chi connectivity index (χ4n) is 4.69. The Kier molecular flexibility index (Phi) is 5.90. The molecular formula is C25H30N2O4. The van der Waals surface area contributed by atoms with Crippen LogP contribution in [0.25, 0.3) is 0 Å². The fourth-order valence-corrected chi connectivity index (χ4v) is 4.69. The van der Waals surface area contributed by atoms with Gasteiger partial charge in [0.2, 0.25) is 5.91 Å². The van der Waals surface area contributed by atoms with E-state index in [0.717, 1.165) is 16.9 Å². The van der Waals surface area contributed by atoms with E-state index in [1.807, 2.05) is 29.2 Å². The third-order valence-electron chi connectivity index (χ3n) is 6.21. The first-order valence-electron chi connectivity index (χ1n) is 10.8. The molecule has 0 aromatic heterocycles. The summed E-state index contributed by atoms with van der Waals surface area (Å²) in [5.74, 6) is 0.851. The molecule has 0 unspecified atom stereocenters. The van der Waals surface area contributed by atoms with Gasteiger partial charge in [-0.3, -0.25) is 9.69 Å². The Bertz CT molecular complexity index is 959. The Morgan fingerprint density at radius 1 is 1.06 bits per heavy atom. The van der Waals surface area contributed by atoms with E-state index in [1.54, 1.807) is 12.0 Å². The largest absolute Gasteiger partial charge is 0.497 e. The second kappa shape index (κ2) is 8.61. The van der Waals surface area contributed by atoms with Gasteiger partial charge in [0.1, 0.15) is 11.4 Å². The van der Waals surface area contributed by atoms with Crippen molar-refractivity contribution in [2.24, 2.45) is 0 Å². The van der Waals surface area contributed by atoms with E-state index >= 15 is 0 Å². The SMILES string of the molecule is COc1cccc(CC(=O)N2CCC3(CC2)CN(Cc2cc(C)cc(C)c2)C(=O)O3)c1. The lowest BCUT2D eigenvalue weighted by molar-refractivity contribution is -0.133. The number of piperidine rings is 1. The van der Waals surface area contributed by atoms with Gasteiger partial charge in [0.25, 0.3) is 0 Å². The molecule has 0 N–H and O–H groups in total. The lowest BCUT2D eigenvalue weighted by Gasteiger charge is -2.37. The smallest absolute Gasteiger partial charge is 0.410 e. The molecule has 6 nitrogen and oxygen atoms in total. The zero-order valence-electron chi connectivity index (χ0n) is 18.5. The van der Waals surface area contributed by atoms with E-state index in [-0.39, 0.29) is 12.0 Å². The summed E-state index contributed by atoms with van der Waals surface area (Å²) in [4.78, 5) is 29.0. The average molecular weight is 423 g/mol. The molecule has 0 atom stereocenters. The van der Waals surface area contributed by atoms with E-state index < -0.39 is 5.60 Å². The molecule has 164 valence electrons. The second-order valence-electron chi connectivity index (χ2n) is 8.81. The van der Waals surface area contributed by atoms with Gasteiger partial charge in [0, 0.05) is 32.5 Å². The first kappa shape index (κ1) is 21.2. The summed E-state index contributed by atoms with van der Waals surface area (Å²) in [5.41, 5.74) is 3.97. The van der Waals surface area contributed by atoms with Crippen molar-refractivity contribution in [3.8, 4) is 5.75 Å². The number of ether oxygens (including phenoxy) is 2. The van der Waals surface area contributed by atoms with Gasteiger partial charge in [0.05, 0.1) is 20.1 Å². The molecule has 2 fully saturated rings. The molecule has 2 aliphatic heterocycles. The van der Waals surface area contributed by atoms with Gasteiger partial charge >= 0.3 is 6.09 Å². The van der Waals surface area contributed by atoms with Crippen LogP contribution in [0.1, 0.15) is 35.1 Å². The Labute approximate surface area is 183 Å². The molecule has 6 heteroatoms. The fraction of sp³-hybridized carbons (Fsp3) is 0.440. The van der Waals surface area contributed by atoms with Crippen LogP contribution in [0.5, 0.6) is 5.75 Å². The van der Waals surface area contributed by atoms with E-state index in [2.05, 4.69) is 32.0 Å². The molecule has 0 radical (unpaired) electrons. The van der Waals surface area contributed by atoms with Crippen LogP contribution < -0.4 is 4.74 Å². The van der Waals surface area contributed by atoms with Gasteiger partial charge in [-0.15, -0.1) is 0 Å². The van der Waals surface area contributed by atoms with E-state index in [9.17, 15) is 9.59 Å². The van der Waals surface area contributed by atoms with Crippen molar-refractivity contribution >= 4 is 12.0 Å². The highest BCUT2D eigenvalue weighted by Gasteiger charge is 2.47. The normalized spacial score (nSPS) is 17.7. The molecular weight excluding hydrogens is 392 g/mol. The van der Waals surface area contributed by atoms with Crippen molar-refractivity contribution in [3.63, 3.8) is 0 Å². The van der Waals surface area contributed by atoms with E-state index in [0.29, 0.717) is 45.4 Å². The van der Waals surface area contributed by atoms with Crippen molar-refractivity contribution in [1.29, 1.82) is 0 Å². The van der Waals surface area contributed by atoms with Crippen LogP contribution in [0.15, 0.2) is 42.5 Å². The lowest BCUT2D eigenvalue weighted by atomic mass is 9.91. The number of aryl methyl sites for hydroxylation is 2. The number of carbonyl (C=O) groups is 2. The number of rotatable bonds is 5. The Morgan fingerprint density at radius 3 is 2.45 bits per heavy atom. The minimum Gasteiger partial charge on any atom is -0.497 e. The highest BCUT2D eigenvalue weighted by Crippen LogP contribution is 2.34. The van der Waals surface area contributed by atoms with Gasteiger partial charge in [-0.1, -0.05) is 41.5 Å². The van der Waals surface area contributed by atoms with Gasteiger partial charge < -0.3 is 14.4 Å². The van der Waals surface area contributed by atoms with E-state index in [1.165, 1.54) is 11.1 Å². The molecule has 0 saturated carbocycles. The van der Waals surface area contributed by atoms with Crippen LogP contribution in [0.3, 0.4) is 0 Å². The quantitative estimate of drug-likeness (QED) is 0.734. The first-order valence-corrected chi connectivity index (χ1v) is 10.8. The monoisotopic (exact) mass is 422 g/mol. The standard InChI is InChI=1S/C25H30N2O4/c1-18-11-19(2)13-21(12-18)16-27-17-25(31-24(27)29)7-9-26(10-8-25)23(28)15-20-5-4-6-22(14-20)30-3/h4-6,11-14H,7-10,15-17H2,1-3H3. The molecule has 2 aliphatic rings. The maximum Gasteiger partial charge on any atom is 0.410 e. The summed E-state index contributed by atoms with van der Waals surface area (Å²) < 4.78 is 11.1. The van der Waals surface area contributed by atoms with Crippen molar-refractivity contribution < 1.29 is 19.1 Å². The molecule has 2 aromatic rings. The predicted octanol–water partition coefficient (Wildman–Crippen LogP) is 3.87. The van der Waals surface area contributed by atoms with Crippen LogP contribution in [0.4, 0.5) is 4.79 Å². The number of benzene rings is 2. The topological polar surface area (TPSA) is 59.1 Å². The van der Waals surface area contributed by atoms with Crippen molar-refractivity contribution in [2.45, 2.75) is 45.3 Å². The third kappa shape index (κ3) is 4.84. The third-order valence-corrected chi connectivity index (χ3v) is 6.21. The maximum atomic E-state index is 12.8. The maximum absolute atomic E-state index is 12.8. The van der Waals surface area contributed by atoms with Crippen LogP contribution in [-0.2, 0) is 22.5 Å². The van der Waals surface area contributed by atoms with Gasteiger partial charge in [-0.25, -0.2) is 4.79 Å². The number of hydrogen-bond acceptors (Lipinski definition) is 4. The van der Waals surface area contributed by atoms with Crippen LogP contribution in [0.2, 0.25) is 0 Å². The number of hydrogen-bond donors (Lipinski definition) is 0.